The number of aromatic nitrogens is 3. The highest BCUT2D eigenvalue weighted by Crippen LogP contribution is 2.24. The summed E-state index contributed by atoms with van der Waals surface area (Å²) in [4.78, 5) is 21.8. The van der Waals surface area contributed by atoms with Crippen molar-refractivity contribution in [2.24, 2.45) is 0 Å². The van der Waals surface area contributed by atoms with Crippen LogP contribution in [0.25, 0.3) is 5.69 Å². The molecular formula is C16H17N5O2S. The van der Waals surface area contributed by atoms with Crippen molar-refractivity contribution in [3.63, 3.8) is 0 Å². The lowest BCUT2D eigenvalue weighted by Gasteiger charge is -2.33. The molecule has 0 radical (unpaired) electrons. The van der Waals surface area contributed by atoms with Gasteiger partial charge in [-0.2, -0.15) is 4.98 Å². The van der Waals surface area contributed by atoms with E-state index in [9.17, 15) is 4.79 Å². The Bertz CT molecular complexity index is 830. The van der Waals surface area contributed by atoms with Crippen molar-refractivity contribution in [3.05, 3.63) is 46.7 Å². The van der Waals surface area contributed by atoms with Crippen LogP contribution in [0.15, 0.2) is 40.5 Å². The van der Waals surface area contributed by atoms with Gasteiger partial charge < -0.3 is 18.9 Å². The number of nitrogens with zero attached hydrogens (tertiary/aromatic N) is 5. The third kappa shape index (κ3) is 2.69. The van der Waals surface area contributed by atoms with E-state index in [0.29, 0.717) is 38.0 Å². The van der Waals surface area contributed by atoms with Gasteiger partial charge in [-0.15, -0.1) is 11.3 Å². The van der Waals surface area contributed by atoms with Crippen molar-refractivity contribution in [1.29, 1.82) is 0 Å². The molecule has 3 aromatic heterocycles. The van der Waals surface area contributed by atoms with Crippen LogP contribution in [0.2, 0.25) is 0 Å². The molecule has 0 aliphatic carbocycles. The van der Waals surface area contributed by atoms with Crippen LogP contribution in [-0.4, -0.2) is 51.7 Å². The van der Waals surface area contributed by atoms with Crippen LogP contribution in [0.3, 0.4) is 0 Å². The first-order valence-corrected chi connectivity index (χ1v) is 8.66. The number of aryl methyl sites for hydroxylation is 1. The molecule has 1 saturated heterocycles. The number of hydrogen-bond acceptors (Lipinski definition) is 6. The highest BCUT2D eigenvalue weighted by molar-refractivity contribution is 7.12. The molecule has 0 spiro atoms. The van der Waals surface area contributed by atoms with Crippen LogP contribution in [0.5, 0.6) is 0 Å². The lowest BCUT2D eigenvalue weighted by Crippen LogP contribution is -2.49. The fraction of sp³-hybridized carbons (Fsp3) is 0.312. The van der Waals surface area contributed by atoms with E-state index in [1.807, 2.05) is 50.3 Å². The number of rotatable bonds is 3. The summed E-state index contributed by atoms with van der Waals surface area (Å²) in [6, 6.07) is 5.89. The van der Waals surface area contributed by atoms with Gasteiger partial charge in [0.05, 0.1) is 5.69 Å². The monoisotopic (exact) mass is 343 g/mol. The van der Waals surface area contributed by atoms with E-state index in [1.54, 1.807) is 6.92 Å². The van der Waals surface area contributed by atoms with Crippen molar-refractivity contribution in [2.45, 2.75) is 6.92 Å². The Morgan fingerprint density at radius 3 is 2.62 bits per heavy atom. The molecule has 3 aromatic rings. The molecule has 24 heavy (non-hydrogen) atoms. The summed E-state index contributed by atoms with van der Waals surface area (Å²) in [5.41, 5.74) is 0.936. The average Bonchev–Trinajstić information content (AvgIpc) is 3.35. The summed E-state index contributed by atoms with van der Waals surface area (Å²) in [5.74, 6) is 1.24. The van der Waals surface area contributed by atoms with Gasteiger partial charge in [0.2, 0.25) is 5.89 Å². The van der Waals surface area contributed by atoms with E-state index in [0.717, 1.165) is 10.6 Å². The molecule has 0 saturated carbocycles. The second-order valence-electron chi connectivity index (χ2n) is 5.62. The Morgan fingerprint density at radius 1 is 1.21 bits per heavy atom. The number of hydrogen-bond donors (Lipinski definition) is 0. The molecule has 0 unspecified atom stereocenters. The van der Waals surface area contributed by atoms with Crippen LogP contribution >= 0.6 is 11.3 Å². The minimum atomic E-state index is 0.0812. The van der Waals surface area contributed by atoms with E-state index in [-0.39, 0.29) is 5.91 Å². The number of amides is 1. The van der Waals surface area contributed by atoms with Gasteiger partial charge in [0, 0.05) is 45.5 Å². The number of thiophene rings is 1. The summed E-state index contributed by atoms with van der Waals surface area (Å²) in [7, 11) is 0. The van der Waals surface area contributed by atoms with Crippen LogP contribution in [0.4, 0.5) is 5.95 Å². The summed E-state index contributed by atoms with van der Waals surface area (Å²) < 4.78 is 7.00. The minimum Gasteiger partial charge on any atom is -0.338 e. The zero-order valence-electron chi connectivity index (χ0n) is 13.3. The summed E-state index contributed by atoms with van der Waals surface area (Å²) >= 11 is 1.48. The standard InChI is InChI=1S/C16H17N5O2S/c1-12-17-16(18-23-12)21-9-7-20(8-10-21)15(22)14-13(4-11-24-14)19-5-2-3-6-19/h2-6,11H,7-10H2,1H3. The second-order valence-corrected chi connectivity index (χ2v) is 6.53. The molecule has 7 nitrogen and oxygen atoms in total. The lowest BCUT2D eigenvalue weighted by atomic mass is 10.2. The highest BCUT2D eigenvalue weighted by atomic mass is 32.1. The predicted molar refractivity (Wildman–Crippen MR) is 90.8 cm³/mol. The van der Waals surface area contributed by atoms with Gasteiger partial charge in [-0.3, -0.25) is 4.79 Å². The third-order valence-electron chi connectivity index (χ3n) is 4.09. The first-order valence-electron chi connectivity index (χ1n) is 7.78. The number of carbonyl (C=O) groups excluding carboxylic acids is 1. The Morgan fingerprint density at radius 2 is 1.96 bits per heavy atom. The van der Waals surface area contributed by atoms with Crippen LogP contribution < -0.4 is 4.90 Å². The highest BCUT2D eigenvalue weighted by Gasteiger charge is 2.26. The SMILES string of the molecule is Cc1nc(N2CCN(C(=O)c3sccc3-n3cccc3)CC2)no1. The Kier molecular flexibility index (Phi) is 3.81. The smallest absolute Gasteiger partial charge is 0.266 e. The third-order valence-corrected chi connectivity index (χ3v) is 4.98. The fourth-order valence-corrected chi connectivity index (χ4v) is 3.69. The molecule has 1 aliphatic rings. The van der Waals surface area contributed by atoms with E-state index < -0.39 is 0 Å². The van der Waals surface area contributed by atoms with Crippen molar-refractivity contribution in [2.75, 3.05) is 31.1 Å². The van der Waals surface area contributed by atoms with Crippen LogP contribution in [0, 0.1) is 6.92 Å². The maximum Gasteiger partial charge on any atom is 0.266 e. The quantitative estimate of drug-likeness (QED) is 0.729. The molecule has 1 amide bonds. The fourth-order valence-electron chi connectivity index (χ4n) is 2.83. The van der Waals surface area contributed by atoms with E-state index in [1.165, 1.54) is 11.3 Å². The normalized spacial score (nSPS) is 15.0. The minimum absolute atomic E-state index is 0.0812. The first kappa shape index (κ1) is 14.9. The topological polar surface area (TPSA) is 67.4 Å². The molecule has 0 bridgehead atoms. The van der Waals surface area contributed by atoms with Gasteiger partial charge in [-0.1, -0.05) is 0 Å². The molecular weight excluding hydrogens is 326 g/mol. The largest absolute Gasteiger partial charge is 0.338 e. The maximum absolute atomic E-state index is 12.9. The summed E-state index contributed by atoms with van der Waals surface area (Å²) in [6.07, 6.45) is 3.91. The van der Waals surface area contributed by atoms with Crippen molar-refractivity contribution >= 4 is 23.2 Å². The van der Waals surface area contributed by atoms with Gasteiger partial charge in [0.25, 0.3) is 11.9 Å². The molecule has 8 heteroatoms. The molecule has 4 rings (SSSR count). The Hall–Kier alpha value is -2.61. The van der Waals surface area contributed by atoms with Gasteiger partial charge in [-0.25, -0.2) is 0 Å². The van der Waals surface area contributed by atoms with Gasteiger partial charge in [0.15, 0.2) is 0 Å². The molecule has 0 N–H and O–H groups in total. The van der Waals surface area contributed by atoms with E-state index in [4.69, 9.17) is 4.52 Å². The molecule has 0 aromatic carbocycles. The zero-order valence-corrected chi connectivity index (χ0v) is 14.1. The second kappa shape index (κ2) is 6.12. The van der Waals surface area contributed by atoms with Crippen LogP contribution in [-0.2, 0) is 0 Å². The number of piperazine rings is 1. The maximum atomic E-state index is 12.9. The molecule has 124 valence electrons. The van der Waals surface area contributed by atoms with Crippen LogP contribution in [0.1, 0.15) is 15.6 Å². The van der Waals surface area contributed by atoms with E-state index in [2.05, 4.69) is 10.1 Å². The molecule has 1 aliphatic heterocycles. The zero-order chi connectivity index (χ0) is 16.5. The Labute approximate surface area is 143 Å². The number of anilines is 1. The molecule has 4 heterocycles. The first-order chi connectivity index (χ1) is 11.7. The van der Waals surface area contributed by atoms with Gasteiger partial charge in [0.1, 0.15) is 4.88 Å². The molecule has 0 atom stereocenters. The lowest BCUT2D eigenvalue weighted by molar-refractivity contribution is 0.0751. The van der Waals surface area contributed by atoms with Crippen molar-refractivity contribution in [3.8, 4) is 5.69 Å². The van der Waals surface area contributed by atoms with Gasteiger partial charge in [-0.05, 0) is 28.7 Å². The predicted octanol–water partition coefficient (Wildman–Crippen LogP) is 2.19. The van der Waals surface area contributed by atoms with Crippen molar-refractivity contribution < 1.29 is 9.32 Å². The number of carbonyl (C=O) groups is 1. The average molecular weight is 343 g/mol. The van der Waals surface area contributed by atoms with E-state index >= 15 is 0 Å². The van der Waals surface area contributed by atoms with Gasteiger partial charge >= 0.3 is 0 Å². The Balaban J connectivity index is 1.46. The summed E-state index contributed by atoms with van der Waals surface area (Å²) in [6.45, 7) is 4.48. The molecule has 1 fully saturated rings. The van der Waals surface area contributed by atoms with Crippen molar-refractivity contribution in [1.82, 2.24) is 19.6 Å². The summed E-state index contributed by atoms with van der Waals surface area (Å²) in [5, 5.41) is 5.90.